The highest BCUT2D eigenvalue weighted by molar-refractivity contribution is 5.51. The van der Waals surface area contributed by atoms with Crippen molar-refractivity contribution >= 4 is 5.69 Å². The number of hydrogen-bond donors (Lipinski definition) is 1. The lowest BCUT2D eigenvalue weighted by molar-refractivity contribution is 0.118. The summed E-state index contributed by atoms with van der Waals surface area (Å²) in [6.45, 7) is 6.38. The summed E-state index contributed by atoms with van der Waals surface area (Å²) in [6.07, 6.45) is 2.29. The molecule has 0 aromatic heterocycles. The highest BCUT2D eigenvalue weighted by Gasteiger charge is 2.29. The third-order valence-electron chi connectivity index (χ3n) is 4.55. The SMILES string of the molecule is CC(C1CCOC1)N1CCc2c(N)cccc2C1. The largest absolute Gasteiger partial charge is 0.398 e. The first-order chi connectivity index (χ1) is 8.75. The van der Waals surface area contributed by atoms with Crippen LogP contribution in [-0.2, 0) is 17.7 Å². The van der Waals surface area contributed by atoms with Crippen molar-refractivity contribution in [1.82, 2.24) is 4.90 Å². The summed E-state index contributed by atoms with van der Waals surface area (Å²) in [5, 5.41) is 0. The minimum Gasteiger partial charge on any atom is -0.398 e. The number of nitrogen functional groups attached to an aromatic ring is 1. The maximum absolute atomic E-state index is 6.05. The third kappa shape index (κ3) is 2.13. The molecule has 0 aliphatic carbocycles. The maximum atomic E-state index is 6.05. The van der Waals surface area contributed by atoms with Crippen LogP contribution in [0.4, 0.5) is 5.69 Å². The van der Waals surface area contributed by atoms with Gasteiger partial charge >= 0.3 is 0 Å². The molecule has 1 fully saturated rings. The quantitative estimate of drug-likeness (QED) is 0.812. The van der Waals surface area contributed by atoms with Crippen LogP contribution in [0.25, 0.3) is 0 Å². The Morgan fingerprint density at radius 1 is 1.44 bits per heavy atom. The van der Waals surface area contributed by atoms with Crippen LogP contribution < -0.4 is 5.73 Å². The number of benzene rings is 1. The standard InChI is InChI=1S/C15H22N2O/c1-11(13-6-8-18-10-13)17-7-5-14-12(9-17)3-2-4-15(14)16/h2-4,11,13H,5-10,16H2,1H3. The Balaban J connectivity index is 1.74. The fourth-order valence-electron chi connectivity index (χ4n) is 3.24. The van der Waals surface area contributed by atoms with E-state index in [0.717, 1.165) is 38.4 Å². The zero-order valence-corrected chi connectivity index (χ0v) is 11.1. The maximum Gasteiger partial charge on any atom is 0.0509 e. The predicted octanol–water partition coefficient (Wildman–Crippen LogP) is 2.05. The minimum atomic E-state index is 0.613. The van der Waals surface area contributed by atoms with Crippen LogP contribution in [-0.4, -0.2) is 30.7 Å². The molecule has 3 rings (SSSR count). The number of rotatable bonds is 2. The number of anilines is 1. The second-order valence-electron chi connectivity index (χ2n) is 5.57. The molecular weight excluding hydrogens is 224 g/mol. The molecule has 3 nitrogen and oxygen atoms in total. The monoisotopic (exact) mass is 246 g/mol. The van der Waals surface area contributed by atoms with Crippen LogP contribution in [0.15, 0.2) is 18.2 Å². The molecule has 18 heavy (non-hydrogen) atoms. The van der Waals surface area contributed by atoms with Crippen molar-refractivity contribution in [2.24, 2.45) is 5.92 Å². The van der Waals surface area contributed by atoms with E-state index in [-0.39, 0.29) is 0 Å². The van der Waals surface area contributed by atoms with Crippen molar-refractivity contribution in [3.05, 3.63) is 29.3 Å². The van der Waals surface area contributed by atoms with Gasteiger partial charge in [-0.3, -0.25) is 4.90 Å². The lowest BCUT2D eigenvalue weighted by Gasteiger charge is -2.36. The van der Waals surface area contributed by atoms with Gasteiger partial charge in [0.15, 0.2) is 0 Å². The van der Waals surface area contributed by atoms with Gasteiger partial charge in [0.05, 0.1) is 6.61 Å². The van der Waals surface area contributed by atoms with Gasteiger partial charge in [0.25, 0.3) is 0 Å². The van der Waals surface area contributed by atoms with Crippen LogP contribution in [0.3, 0.4) is 0 Å². The Morgan fingerprint density at radius 3 is 3.11 bits per heavy atom. The number of fused-ring (bicyclic) bond motifs is 1. The molecule has 1 saturated heterocycles. The molecule has 1 aromatic carbocycles. The molecule has 0 saturated carbocycles. The highest BCUT2D eigenvalue weighted by atomic mass is 16.5. The van der Waals surface area contributed by atoms with Gasteiger partial charge in [0, 0.05) is 31.4 Å². The van der Waals surface area contributed by atoms with E-state index in [4.69, 9.17) is 10.5 Å². The number of ether oxygens (including phenoxy) is 1. The van der Waals surface area contributed by atoms with E-state index in [1.165, 1.54) is 17.5 Å². The first-order valence-electron chi connectivity index (χ1n) is 6.93. The van der Waals surface area contributed by atoms with E-state index in [1.807, 2.05) is 6.07 Å². The minimum absolute atomic E-state index is 0.613. The van der Waals surface area contributed by atoms with E-state index in [2.05, 4.69) is 24.0 Å². The fourth-order valence-corrected chi connectivity index (χ4v) is 3.24. The molecule has 2 atom stereocenters. The summed E-state index contributed by atoms with van der Waals surface area (Å²) >= 11 is 0. The molecular formula is C15H22N2O. The lowest BCUT2D eigenvalue weighted by atomic mass is 9.93. The fraction of sp³-hybridized carbons (Fsp3) is 0.600. The molecule has 2 aliphatic rings. The lowest BCUT2D eigenvalue weighted by Crippen LogP contribution is -2.42. The highest BCUT2D eigenvalue weighted by Crippen LogP contribution is 2.28. The average Bonchev–Trinajstić information content (AvgIpc) is 2.91. The van der Waals surface area contributed by atoms with Gasteiger partial charge in [0.2, 0.25) is 0 Å². The van der Waals surface area contributed by atoms with Gasteiger partial charge in [-0.05, 0) is 42.9 Å². The molecule has 0 amide bonds. The molecule has 2 aliphatic heterocycles. The normalized spacial score (nSPS) is 25.9. The zero-order chi connectivity index (χ0) is 12.5. The molecule has 98 valence electrons. The molecule has 0 spiro atoms. The number of nitrogens with two attached hydrogens (primary N) is 1. The summed E-state index contributed by atoms with van der Waals surface area (Å²) in [7, 11) is 0. The van der Waals surface area contributed by atoms with Crippen LogP contribution >= 0.6 is 0 Å². The van der Waals surface area contributed by atoms with E-state index >= 15 is 0 Å². The Kier molecular flexibility index (Phi) is 3.27. The molecule has 0 bridgehead atoms. The predicted molar refractivity (Wildman–Crippen MR) is 73.4 cm³/mol. The molecule has 2 N–H and O–H groups in total. The second kappa shape index (κ2) is 4.90. The van der Waals surface area contributed by atoms with Crippen molar-refractivity contribution < 1.29 is 4.74 Å². The number of nitrogens with zero attached hydrogens (tertiary/aromatic N) is 1. The summed E-state index contributed by atoms with van der Waals surface area (Å²) < 4.78 is 5.51. The van der Waals surface area contributed by atoms with E-state index in [1.54, 1.807) is 0 Å². The van der Waals surface area contributed by atoms with Crippen molar-refractivity contribution in [2.75, 3.05) is 25.5 Å². The smallest absolute Gasteiger partial charge is 0.0509 e. The van der Waals surface area contributed by atoms with Crippen molar-refractivity contribution in [2.45, 2.75) is 32.4 Å². The summed E-state index contributed by atoms with van der Waals surface area (Å²) in [4.78, 5) is 2.58. The van der Waals surface area contributed by atoms with Crippen molar-refractivity contribution in [3.8, 4) is 0 Å². The number of hydrogen-bond acceptors (Lipinski definition) is 3. The van der Waals surface area contributed by atoms with E-state index in [9.17, 15) is 0 Å². The van der Waals surface area contributed by atoms with Crippen molar-refractivity contribution in [1.29, 1.82) is 0 Å². The topological polar surface area (TPSA) is 38.5 Å². The summed E-state index contributed by atoms with van der Waals surface area (Å²) in [5.74, 6) is 0.701. The zero-order valence-electron chi connectivity index (χ0n) is 11.1. The Bertz CT molecular complexity index is 427. The van der Waals surface area contributed by atoms with Crippen LogP contribution in [0.5, 0.6) is 0 Å². The van der Waals surface area contributed by atoms with E-state index < -0.39 is 0 Å². The van der Waals surface area contributed by atoms with Crippen molar-refractivity contribution in [3.63, 3.8) is 0 Å². The van der Waals surface area contributed by atoms with Gasteiger partial charge < -0.3 is 10.5 Å². The summed E-state index contributed by atoms with van der Waals surface area (Å²) in [6, 6.07) is 6.92. The van der Waals surface area contributed by atoms with E-state index in [0.29, 0.717) is 12.0 Å². The molecule has 1 aromatic rings. The van der Waals surface area contributed by atoms with Gasteiger partial charge in [0.1, 0.15) is 0 Å². The first-order valence-corrected chi connectivity index (χ1v) is 6.93. The van der Waals surface area contributed by atoms with Gasteiger partial charge in [-0.15, -0.1) is 0 Å². The molecule has 2 unspecified atom stereocenters. The van der Waals surface area contributed by atoms with Gasteiger partial charge in [-0.1, -0.05) is 12.1 Å². The Morgan fingerprint density at radius 2 is 2.33 bits per heavy atom. The van der Waals surface area contributed by atoms with Crippen LogP contribution in [0.1, 0.15) is 24.5 Å². The van der Waals surface area contributed by atoms with Crippen LogP contribution in [0.2, 0.25) is 0 Å². The second-order valence-corrected chi connectivity index (χ2v) is 5.57. The Hall–Kier alpha value is -1.06. The summed E-state index contributed by atoms with van der Waals surface area (Å²) in [5.41, 5.74) is 9.78. The Labute approximate surface area is 109 Å². The van der Waals surface area contributed by atoms with Gasteiger partial charge in [-0.25, -0.2) is 0 Å². The first kappa shape index (κ1) is 12.0. The molecule has 2 heterocycles. The third-order valence-corrected chi connectivity index (χ3v) is 4.55. The molecule has 0 radical (unpaired) electrons. The molecule has 3 heteroatoms. The van der Waals surface area contributed by atoms with Gasteiger partial charge in [-0.2, -0.15) is 0 Å². The van der Waals surface area contributed by atoms with Crippen LogP contribution in [0, 0.1) is 5.92 Å². The average molecular weight is 246 g/mol.